The molecule has 0 aromatic heterocycles. The third kappa shape index (κ3) is 2.76. The molecular formula is C11H12N2O2S2. The molecule has 1 N–H and O–H groups in total. The van der Waals surface area contributed by atoms with Gasteiger partial charge in [0.05, 0.1) is 17.2 Å². The Morgan fingerprint density at radius 1 is 1.59 bits per heavy atom. The highest BCUT2D eigenvalue weighted by atomic mass is 32.2. The van der Waals surface area contributed by atoms with Gasteiger partial charge < -0.3 is 9.46 Å². The molecule has 4 nitrogen and oxygen atoms in total. The van der Waals surface area contributed by atoms with Crippen LogP contribution in [0, 0.1) is 0 Å². The van der Waals surface area contributed by atoms with E-state index in [1.165, 1.54) is 16.8 Å². The second kappa shape index (κ2) is 5.46. The summed E-state index contributed by atoms with van der Waals surface area (Å²) >= 11 is 3.06. The van der Waals surface area contributed by atoms with Crippen LogP contribution in [0.2, 0.25) is 0 Å². The van der Waals surface area contributed by atoms with E-state index in [0.717, 1.165) is 10.6 Å². The van der Waals surface area contributed by atoms with Crippen LogP contribution in [-0.2, 0) is 9.53 Å². The molecule has 1 aromatic carbocycles. The second-order valence-corrected chi connectivity index (χ2v) is 4.95. The molecular weight excluding hydrogens is 256 g/mol. The van der Waals surface area contributed by atoms with E-state index in [0.29, 0.717) is 6.61 Å². The van der Waals surface area contributed by atoms with Crippen molar-refractivity contribution in [1.82, 2.24) is 4.72 Å². The summed E-state index contributed by atoms with van der Waals surface area (Å²) in [7, 11) is 0. The zero-order valence-electron chi connectivity index (χ0n) is 9.52. The van der Waals surface area contributed by atoms with Crippen molar-refractivity contribution in [3.05, 3.63) is 18.2 Å². The molecule has 0 radical (unpaired) electrons. The number of amidine groups is 1. The molecule has 0 aliphatic carbocycles. The van der Waals surface area contributed by atoms with Gasteiger partial charge in [-0.3, -0.25) is 0 Å². The van der Waals surface area contributed by atoms with Crippen LogP contribution in [0.25, 0.3) is 0 Å². The fourth-order valence-electron chi connectivity index (χ4n) is 1.33. The van der Waals surface area contributed by atoms with Crippen molar-refractivity contribution in [2.75, 3.05) is 12.9 Å². The first-order valence-electron chi connectivity index (χ1n) is 5.11. The molecule has 0 bridgehead atoms. The summed E-state index contributed by atoms with van der Waals surface area (Å²) in [6.07, 6.45) is 2.02. The number of ether oxygens (including phenoxy) is 1. The van der Waals surface area contributed by atoms with Crippen molar-refractivity contribution in [2.45, 2.75) is 16.7 Å². The van der Waals surface area contributed by atoms with Gasteiger partial charge in [0.15, 0.2) is 0 Å². The Morgan fingerprint density at radius 3 is 3.12 bits per heavy atom. The van der Waals surface area contributed by atoms with Crippen molar-refractivity contribution in [3.8, 4) is 0 Å². The first-order valence-corrected chi connectivity index (χ1v) is 7.15. The number of hydrogen-bond acceptors (Lipinski definition) is 6. The quantitative estimate of drug-likeness (QED) is 0.519. The molecule has 0 unspecified atom stereocenters. The summed E-state index contributed by atoms with van der Waals surface area (Å²) in [6.45, 7) is 2.12. The Bertz CT molecular complexity index is 475. The zero-order chi connectivity index (χ0) is 12.3. The molecule has 90 valence electrons. The van der Waals surface area contributed by atoms with Crippen LogP contribution in [0.1, 0.15) is 6.92 Å². The van der Waals surface area contributed by atoms with Gasteiger partial charge in [-0.1, -0.05) is 0 Å². The Labute approximate surface area is 108 Å². The number of esters is 1. The maximum absolute atomic E-state index is 11.5. The van der Waals surface area contributed by atoms with Crippen molar-refractivity contribution in [3.63, 3.8) is 0 Å². The zero-order valence-corrected chi connectivity index (χ0v) is 11.2. The molecule has 0 amide bonds. The van der Waals surface area contributed by atoms with Crippen LogP contribution in [0.5, 0.6) is 0 Å². The number of aliphatic imine (C=N–C) groups is 1. The molecule has 2 rings (SSSR count). The average Bonchev–Trinajstić information content (AvgIpc) is 2.37. The normalized spacial score (nSPS) is 13.4. The number of fused-ring (bicyclic) bond motifs is 1. The third-order valence-electron chi connectivity index (χ3n) is 2.13. The fraction of sp³-hybridized carbons (Fsp3) is 0.273. The Hall–Kier alpha value is -1.14. The number of carbonyl (C=O) groups excluding carboxylic acids is 1. The maximum Gasteiger partial charge on any atom is 0.374 e. The lowest BCUT2D eigenvalue weighted by atomic mass is 10.3. The molecule has 0 saturated carbocycles. The average molecular weight is 268 g/mol. The molecule has 1 aliphatic heterocycles. The van der Waals surface area contributed by atoms with Gasteiger partial charge in [-0.25, -0.2) is 9.79 Å². The Balaban J connectivity index is 2.26. The lowest BCUT2D eigenvalue weighted by Crippen LogP contribution is -2.29. The van der Waals surface area contributed by atoms with Crippen LogP contribution in [-0.4, -0.2) is 24.7 Å². The fourth-order valence-corrected chi connectivity index (χ4v) is 2.58. The van der Waals surface area contributed by atoms with Crippen LogP contribution in [0.4, 0.5) is 5.69 Å². The van der Waals surface area contributed by atoms with Gasteiger partial charge in [0, 0.05) is 4.90 Å². The van der Waals surface area contributed by atoms with Gasteiger partial charge in [-0.05, 0) is 43.3 Å². The molecule has 0 spiro atoms. The molecule has 1 aromatic rings. The summed E-state index contributed by atoms with van der Waals surface area (Å²) in [5, 5.41) is 0. The van der Waals surface area contributed by atoms with Gasteiger partial charge in [0.25, 0.3) is 0 Å². The summed E-state index contributed by atoms with van der Waals surface area (Å²) < 4.78 is 7.79. The summed E-state index contributed by atoms with van der Waals surface area (Å²) in [5.41, 5.74) is 0.801. The Kier molecular flexibility index (Phi) is 3.96. The number of nitrogens with zero attached hydrogens (tertiary/aromatic N) is 1. The largest absolute Gasteiger partial charge is 0.460 e. The van der Waals surface area contributed by atoms with Crippen molar-refractivity contribution < 1.29 is 9.53 Å². The lowest BCUT2D eigenvalue weighted by molar-refractivity contribution is -0.135. The van der Waals surface area contributed by atoms with E-state index in [1.54, 1.807) is 18.7 Å². The minimum absolute atomic E-state index is 0.251. The van der Waals surface area contributed by atoms with E-state index in [1.807, 2.05) is 24.5 Å². The highest BCUT2D eigenvalue weighted by molar-refractivity contribution is 7.99. The molecule has 0 atom stereocenters. The van der Waals surface area contributed by atoms with Crippen molar-refractivity contribution in [2.24, 2.45) is 4.99 Å². The monoisotopic (exact) mass is 268 g/mol. The number of thioether (sulfide) groups is 1. The minimum Gasteiger partial charge on any atom is -0.460 e. The summed E-state index contributed by atoms with van der Waals surface area (Å²) in [5.74, 6) is -0.166. The highest BCUT2D eigenvalue weighted by Crippen LogP contribution is 2.34. The molecule has 6 heteroatoms. The van der Waals surface area contributed by atoms with Crippen molar-refractivity contribution >= 4 is 41.2 Å². The molecule has 17 heavy (non-hydrogen) atoms. The summed E-state index contributed by atoms with van der Waals surface area (Å²) in [4.78, 5) is 17.9. The first kappa shape index (κ1) is 12.3. The van der Waals surface area contributed by atoms with Crippen LogP contribution < -0.4 is 4.72 Å². The van der Waals surface area contributed by atoms with E-state index < -0.39 is 5.97 Å². The third-order valence-corrected chi connectivity index (χ3v) is 3.69. The number of benzene rings is 1. The van der Waals surface area contributed by atoms with Gasteiger partial charge in [0.1, 0.15) is 0 Å². The van der Waals surface area contributed by atoms with Crippen LogP contribution in [0.15, 0.2) is 33.0 Å². The van der Waals surface area contributed by atoms with Gasteiger partial charge >= 0.3 is 5.97 Å². The van der Waals surface area contributed by atoms with Crippen LogP contribution in [0.3, 0.4) is 0 Å². The smallest absolute Gasteiger partial charge is 0.374 e. The maximum atomic E-state index is 11.5. The van der Waals surface area contributed by atoms with Crippen molar-refractivity contribution in [1.29, 1.82) is 0 Å². The standard InChI is InChI=1S/C11H12N2O2S2/c1-3-15-11(14)10-12-8-5-4-7(16-2)6-9(8)17-13-10/h4-6H,3H2,1-2H3,(H,12,13). The van der Waals surface area contributed by atoms with Gasteiger partial charge in [0.2, 0.25) is 5.84 Å². The predicted octanol–water partition coefficient (Wildman–Crippen LogP) is 2.61. The minimum atomic E-state index is -0.417. The number of nitrogens with one attached hydrogen (secondary N) is 1. The number of carbonyl (C=O) groups is 1. The first-order chi connectivity index (χ1) is 8.24. The molecule has 1 aliphatic rings. The summed E-state index contributed by atoms with van der Waals surface area (Å²) in [6, 6.07) is 5.94. The van der Waals surface area contributed by atoms with E-state index in [2.05, 4.69) is 9.71 Å². The SMILES string of the molecule is CCOC(=O)C1=Nc2ccc(SC)cc2SN1. The number of hydrogen-bond donors (Lipinski definition) is 1. The lowest BCUT2D eigenvalue weighted by Gasteiger charge is -2.15. The van der Waals surface area contributed by atoms with Gasteiger partial charge in [-0.2, -0.15) is 0 Å². The van der Waals surface area contributed by atoms with E-state index in [9.17, 15) is 4.79 Å². The number of rotatable bonds is 3. The topological polar surface area (TPSA) is 50.7 Å². The van der Waals surface area contributed by atoms with E-state index in [-0.39, 0.29) is 5.84 Å². The predicted molar refractivity (Wildman–Crippen MR) is 70.9 cm³/mol. The highest BCUT2D eigenvalue weighted by Gasteiger charge is 2.19. The molecule has 0 saturated heterocycles. The van der Waals surface area contributed by atoms with Gasteiger partial charge in [-0.15, -0.1) is 11.8 Å². The molecule has 1 heterocycles. The van der Waals surface area contributed by atoms with Crippen LogP contribution >= 0.6 is 23.7 Å². The second-order valence-electron chi connectivity index (χ2n) is 3.22. The molecule has 0 fully saturated rings. The van der Waals surface area contributed by atoms with E-state index >= 15 is 0 Å². The van der Waals surface area contributed by atoms with E-state index in [4.69, 9.17) is 4.74 Å². The Morgan fingerprint density at radius 2 is 2.41 bits per heavy atom.